The number of aromatic nitrogens is 1. The minimum atomic E-state index is 0.193. The monoisotopic (exact) mass is 376 g/mol. The van der Waals surface area contributed by atoms with Crippen molar-refractivity contribution in [3.63, 3.8) is 0 Å². The summed E-state index contributed by atoms with van der Waals surface area (Å²) in [6, 6.07) is 16.6. The molecule has 0 atom stereocenters. The fourth-order valence-corrected chi connectivity index (χ4v) is 4.37. The summed E-state index contributed by atoms with van der Waals surface area (Å²) in [5.74, 6) is 1.69. The number of Topliss-reactive ketones (excluding diaryl/α,β-unsaturated/α-hetero) is 1. The summed E-state index contributed by atoms with van der Waals surface area (Å²) in [5, 5.41) is 0.959. The summed E-state index contributed by atoms with van der Waals surface area (Å²) in [4.78, 5) is 18.7. The van der Waals surface area contributed by atoms with E-state index in [4.69, 9.17) is 4.74 Å². The standard InChI is InChI=1S/C24H28N2O2/c1-17-24(21-15-20(28-2)8-9-22(21)25-17)23(27)16-26-12-10-19(11-13-26)14-18-6-4-3-5-7-18/h3-9,15,19,25H,10-14,16H2,1-2H3. The number of likely N-dealkylation sites (tertiary alicyclic amines) is 1. The predicted molar refractivity (Wildman–Crippen MR) is 113 cm³/mol. The Morgan fingerprint density at radius 3 is 2.61 bits per heavy atom. The number of ketones is 1. The lowest BCUT2D eigenvalue weighted by Gasteiger charge is -2.31. The molecule has 146 valence electrons. The number of nitrogens with one attached hydrogen (secondary N) is 1. The van der Waals surface area contributed by atoms with Crippen LogP contribution in [0.2, 0.25) is 0 Å². The van der Waals surface area contributed by atoms with Crippen molar-refractivity contribution in [3.8, 4) is 5.75 Å². The topological polar surface area (TPSA) is 45.3 Å². The lowest BCUT2D eigenvalue weighted by atomic mass is 9.90. The van der Waals surface area contributed by atoms with Gasteiger partial charge in [-0.25, -0.2) is 0 Å². The SMILES string of the molecule is COc1ccc2[nH]c(C)c(C(=O)CN3CCC(Cc4ccccc4)CC3)c2c1. The van der Waals surface area contributed by atoms with Gasteiger partial charge in [-0.2, -0.15) is 0 Å². The molecule has 1 N–H and O–H groups in total. The summed E-state index contributed by atoms with van der Waals surface area (Å²) in [7, 11) is 1.65. The number of ether oxygens (including phenoxy) is 1. The normalized spacial score (nSPS) is 15.8. The molecule has 4 heteroatoms. The molecule has 0 bridgehead atoms. The Hall–Kier alpha value is -2.59. The Morgan fingerprint density at radius 1 is 1.14 bits per heavy atom. The van der Waals surface area contributed by atoms with Crippen LogP contribution in [0.5, 0.6) is 5.75 Å². The highest BCUT2D eigenvalue weighted by Crippen LogP contribution is 2.28. The van der Waals surface area contributed by atoms with Gasteiger partial charge in [-0.15, -0.1) is 0 Å². The fraction of sp³-hybridized carbons (Fsp3) is 0.375. The number of carbonyl (C=O) groups excluding carboxylic acids is 1. The number of hydrogen-bond acceptors (Lipinski definition) is 3. The number of rotatable bonds is 6. The number of aromatic amines is 1. The fourth-order valence-electron chi connectivity index (χ4n) is 4.37. The van der Waals surface area contributed by atoms with E-state index in [9.17, 15) is 4.79 Å². The molecule has 4 nitrogen and oxygen atoms in total. The zero-order valence-corrected chi connectivity index (χ0v) is 16.7. The number of hydrogen-bond donors (Lipinski definition) is 1. The molecule has 1 aliphatic heterocycles. The van der Waals surface area contributed by atoms with Crippen molar-refractivity contribution in [3.05, 3.63) is 65.4 Å². The largest absolute Gasteiger partial charge is 0.497 e. The van der Waals surface area contributed by atoms with Crippen molar-refractivity contribution >= 4 is 16.7 Å². The van der Waals surface area contributed by atoms with Crippen molar-refractivity contribution in [2.45, 2.75) is 26.2 Å². The molecule has 0 unspecified atom stereocenters. The summed E-state index contributed by atoms with van der Waals surface area (Å²) >= 11 is 0. The predicted octanol–water partition coefficient (Wildman–Crippen LogP) is 4.62. The number of methoxy groups -OCH3 is 1. The van der Waals surface area contributed by atoms with Gasteiger partial charge in [0.1, 0.15) is 5.75 Å². The maximum Gasteiger partial charge on any atom is 0.179 e. The highest BCUT2D eigenvalue weighted by atomic mass is 16.5. The molecule has 28 heavy (non-hydrogen) atoms. The minimum absolute atomic E-state index is 0.193. The molecule has 0 aliphatic carbocycles. The number of H-pyrrole nitrogens is 1. The van der Waals surface area contributed by atoms with Crippen LogP contribution in [0, 0.1) is 12.8 Å². The number of fused-ring (bicyclic) bond motifs is 1. The van der Waals surface area contributed by atoms with Crippen LogP contribution in [-0.4, -0.2) is 42.4 Å². The van der Waals surface area contributed by atoms with Crippen LogP contribution in [0.3, 0.4) is 0 Å². The van der Waals surface area contributed by atoms with E-state index in [0.29, 0.717) is 12.5 Å². The van der Waals surface area contributed by atoms with Crippen LogP contribution < -0.4 is 4.74 Å². The van der Waals surface area contributed by atoms with E-state index < -0.39 is 0 Å². The molecule has 0 spiro atoms. The second kappa shape index (κ2) is 8.19. The van der Waals surface area contributed by atoms with E-state index in [1.807, 2.05) is 25.1 Å². The second-order valence-electron chi connectivity index (χ2n) is 7.87. The number of nitrogens with zero attached hydrogens (tertiary/aromatic N) is 1. The molecule has 4 rings (SSSR count). The van der Waals surface area contributed by atoms with Crippen molar-refractivity contribution in [2.24, 2.45) is 5.92 Å². The molecule has 3 aromatic rings. The van der Waals surface area contributed by atoms with Crippen molar-refractivity contribution in [2.75, 3.05) is 26.7 Å². The van der Waals surface area contributed by atoms with Gasteiger partial charge in [0.2, 0.25) is 0 Å². The summed E-state index contributed by atoms with van der Waals surface area (Å²) in [5.41, 5.74) is 4.15. The molecule has 0 amide bonds. The smallest absolute Gasteiger partial charge is 0.179 e. The summed E-state index contributed by atoms with van der Waals surface area (Å²) in [6.45, 7) is 4.46. The second-order valence-corrected chi connectivity index (χ2v) is 7.87. The Morgan fingerprint density at radius 2 is 1.89 bits per heavy atom. The molecule has 1 saturated heterocycles. The Kier molecular flexibility index (Phi) is 5.49. The van der Waals surface area contributed by atoms with Gasteiger partial charge in [0.05, 0.1) is 13.7 Å². The van der Waals surface area contributed by atoms with E-state index in [2.05, 4.69) is 40.2 Å². The zero-order valence-electron chi connectivity index (χ0n) is 16.7. The van der Waals surface area contributed by atoms with Gasteiger partial charge in [0.15, 0.2) is 5.78 Å². The van der Waals surface area contributed by atoms with E-state index in [0.717, 1.165) is 60.3 Å². The van der Waals surface area contributed by atoms with Crippen LogP contribution in [0.4, 0.5) is 0 Å². The van der Waals surface area contributed by atoms with Crippen LogP contribution >= 0.6 is 0 Å². The maximum atomic E-state index is 13.1. The highest BCUT2D eigenvalue weighted by molar-refractivity contribution is 6.10. The van der Waals surface area contributed by atoms with E-state index in [1.165, 1.54) is 5.56 Å². The molecular weight excluding hydrogens is 348 g/mol. The Balaban J connectivity index is 1.40. The zero-order chi connectivity index (χ0) is 19.5. The maximum absolute atomic E-state index is 13.1. The first kappa shape index (κ1) is 18.8. The first-order valence-electron chi connectivity index (χ1n) is 10.1. The number of aryl methyl sites for hydroxylation is 1. The lowest BCUT2D eigenvalue weighted by molar-refractivity contribution is 0.0896. The van der Waals surface area contributed by atoms with Gasteiger partial charge in [-0.3, -0.25) is 9.69 Å². The quantitative estimate of drug-likeness (QED) is 0.639. The molecule has 1 aliphatic rings. The van der Waals surface area contributed by atoms with E-state index in [-0.39, 0.29) is 5.78 Å². The lowest BCUT2D eigenvalue weighted by Crippen LogP contribution is -2.38. The molecule has 0 saturated carbocycles. The van der Waals surface area contributed by atoms with Gasteiger partial charge >= 0.3 is 0 Å². The molecule has 2 aromatic carbocycles. The number of carbonyl (C=O) groups is 1. The van der Waals surface area contributed by atoms with Crippen LogP contribution in [0.25, 0.3) is 10.9 Å². The van der Waals surface area contributed by atoms with Crippen LogP contribution in [0.1, 0.15) is 34.5 Å². The highest BCUT2D eigenvalue weighted by Gasteiger charge is 2.23. The van der Waals surface area contributed by atoms with E-state index in [1.54, 1.807) is 7.11 Å². The summed E-state index contributed by atoms with van der Waals surface area (Å²) < 4.78 is 5.34. The summed E-state index contributed by atoms with van der Waals surface area (Å²) in [6.07, 6.45) is 3.45. The van der Waals surface area contributed by atoms with E-state index >= 15 is 0 Å². The minimum Gasteiger partial charge on any atom is -0.497 e. The molecule has 2 heterocycles. The average Bonchev–Trinajstić information content (AvgIpc) is 3.05. The third-order valence-electron chi connectivity index (χ3n) is 5.91. The first-order chi connectivity index (χ1) is 13.6. The molecular formula is C24H28N2O2. The third kappa shape index (κ3) is 3.97. The molecule has 1 aromatic heterocycles. The first-order valence-corrected chi connectivity index (χ1v) is 10.1. The van der Waals surface area contributed by atoms with Crippen LogP contribution in [0.15, 0.2) is 48.5 Å². The number of benzene rings is 2. The molecule has 1 fully saturated rings. The Bertz CT molecular complexity index is 953. The Labute approximate surface area is 166 Å². The van der Waals surface area contributed by atoms with Gasteiger partial charge in [0, 0.05) is 22.2 Å². The van der Waals surface area contributed by atoms with Gasteiger partial charge in [-0.1, -0.05) is 30.3 Å². The van der Waals surface area contributed by atoms with Crippen LogP contribution in [-0.2, 0) is 6.42 Å². The third-order valence-corrected chi connectivity index (χ3v) is 5.91. The van der Waals surface area contributed by atoms with Crippen molar-refractivity contribution < 1.29 is 9.53 Å². The van der Waals surface area contributed by atoms with Crippen molar-refractivity contribution in [1.82, 2.24) is 9.88 Å². The van der Waals surface area contributed by atoms with Crippen molar-refractivity contribution in [1.29, 1.82) is 0 Å². The van der Waals surface area contributed by atoms with Gasteiger partial charge < -0.3 is 9.72 Å². The average molecular weight is 377 g/mol. The van der Waals surface area contributed by atoms with Gasteiger partial charge in [-0.05, 0) is 69.0 Å². The van der Waals surface area contributed by atoms with Gasteiger partial charge in [0.25, 0.3) is 0 Å². The molecule has 0 radical (unpaired) electrons. The number of piperidine rings is 1.